The van der Waals surface area contributed by atoms with E-state index in [1.54, 1.807) is 36.6 Å². The number of aldehydes is 1. The van der Waals surface area contributed by atoms with Crippen LogP contribution in [0.5, 0.6) is 0 Å². The predicted octanol–water partition coefficient (Wildman–Crippen LogP) is 2.77. The molecule has 3 nitrogen and oxygen atoms in total. The Kier molecular flexibility index (Phi) is 5.49. The van der Waals surface area contributed by atoms with Gasteiger partial charge < -0.3 is 4.74 Å². The third kappa shape index (κ3) is 3.75. The maximum atomic E-state index is 11.4. The van der Waals surface area contributed by atoms with Crippen LogP contribution in [0.25, 0.3) is 5.57 Å². The molecule has 0 spiro atoms. The summed E-state index contributed by atoms with van der Waals surface area (Å²) in [6.07, 6.45) is 2.69. The van der Waals surface area contributed by atoms with Crippen molar-refractivity contribution in [1.29, 1.82) is 0 Å². The largest absolute Gasteiger partial charge is 0.462 e. The third-order valence-electron chi connectivity index (χ3n) is 2.10. The van der Waals surface area contributed by atoms with Crippen LogP contribution < -0.4 is 0 Å². The third-order valence-corrected chi connectivity index (χ3v) is 2.59. The van der Waals surface area contributed by atoms with E-state index in [-0.39, 0.29) is 5.97 Å². The molecule has 0 N–H and O–H groups in total. The molecule has 1 aromatic rings. The SMILES string of the molecule is CCOC(=O)c1ccc(C(C=O)=CSC)cc1. The Labute approximate surface area is 105 Å². The van der Waals surface area contributed by atoms with Gasteiger partial charge in [-0.05, 0) is 36.3 Å². The van der Waals surface area contributed by atoms with Gasteiger partial charge >= 0.3 is 5.97 Å². The Morgan fingerprint density at radius 1 is 1.29 bits per heavy atom. The van der Waals surface area contributed by atoms with E-state index >= 15 is 0 Å². The molecule has 0 heterocycles. The van der Waals surface area contributed by atoms with Crippen molar-refractivity contribution in [2.24, 2.45) is 0 Å². The van der Waals surface area contributed by atoms with Gasteiger partial charge in [0.15, 0.2) is 6.29 Å². The summed E-state index contributed by atoms with van der Waals surface area (Å²) in [4.78, 5) is 22.3. The first kappa shape index (κ1) is 13.5. The molecule has 0 saturated carbocycles. The van der Waals surface area contributed by atoms with Crippen molar-refractivity contribution in [1.82, 2.24) is 0 Å². The highest BCUT2D eigenvalue weighted by atomic mass is 32.2. The molecule has 1 rings (SSSR count). The van der Waals surface area contributed by atoms with Gasteiger partial charge in [0.25, 0.3) is 0 Å². The van der Waals surface area contributed by atoms with Gasteiger partial charge in [0, 0.05) is 5.57 Å². The Balaban J connectivity index is 2.91. The standard InChI is InChI=1S/C13H14O3S/c1-3-16-13(15)11-6-4-10(5-7-11)12(8-14)9-17-2/h4-9H,3H2,1-2H3. The van der Waals surface area contributed by atoms with E-state index in [1.807, 2.05) is 6.26 Å². The quantitative estimate of drug-likeness (QED) is 0.458. The van der Waals surface area contributed by atoms with E-state index in [9.17, 15) is 9.59 Å². The molecule has 90 valence electrons. The summed E-state index contributed by atoms with van der Waals surface area (Å²) in [5.74, 6) is -0.347. The molecular formula is C13H14O3S. The lowest BCUT2D eigenvalue weighted by Gasteiger charge is -2.03. The number of allylic oxidation sites excluding steroid dienone is 1. The van der Waals surface area contributed by atoms with Gasteiger partial charge in [0.1, 0.15) is 0 Å². The zero-order valence-corrected chi connectivity index (χ0v) is 10.6. The second kappa shape index (κ2) is 6.91. The molecule has 1 aromatic carbocycles. The number of hydrogen-bond acceptors (Lipinski definition) is 4. The van der Waals surface area contributed by atoms with Gasteiger partial charge in [-0.25, -0.2) is 4.79 Å². The fourth-order valence-electron chi connectivity index (χ4n) is 1.30. The van der Waals surface area contributed by atoms with Crippen LogP contribution in [0.2, 0.25) is 0 Å². The van der Waals surface area contributed by atoms with Gasteiger partial charge in [-0.2, -0.15) is 0 Å². The molecule has 0 aliphatic heterocycles. The highest BCUT2D eigenvalue weighted by Gasteiger charge is 2.06. The predicted molar refractivity (Wildman–Crippen MR) is 70.0 cm³/mol. The summed E-state index contributed by atoms with van der Waals surface area (Å²) in [6.45, 7) is 2.12. The average molecular weight is 250 g/mol. The number of esters is 1. The van der Waals surface area contributed by atoms with Crippen LogP contribution >= 0.6 is 11.8 Å². The van der Waals surface area contributed by atoms with Gasteiger partial charge in [0.2, 0.25) is 0 Å². The van der Waals surface area contributed by atoms with Crippen molar-refractivity contribution in [3.05, 3.63) is 40.8 Å². The first-order valence-corrected chi connectivity index (χ1v) is 6.47. The summed E-state index contributed by atoms with van der Waals surface area (Å²) in [6, 6.07) is 6.79. The fraction of sp³-hybridized carbons (Fsp3) is 0.231. The summed E-state index contributed by atoms with van der Waals surface area (Å²) in [5.41, 5.74) is 1.89. The molecule has 0 radical (unpaired) electrons. The number of ether oxygens (including phenoxy) is 1. The van der Waals surface area contributed by atoms with Crippen molar-refractivity contribution < 1.29 is 14.3 Å². The zero-order chi connectivity index (χ0) is 12.7. The smallest absolute Gasteiger partial charge is 0.338 e. The molecule has 0 fully saturated rings. The molecule has 0 bridgehead atoms. The Hall–Kier alpha value is -1.55. The molecule has 4 heteroatoms. The number of rotatable bonds is 5. The molecule has 0 amide bonds. The van der Waals surface area contributed by atoms with E-state index in [2.05, 4.69) is 0 Å². The lowest BCUT2D eigenvalue weighted by Crippen LogP contribution is -2.04. The Morgan fingerprint density at radius 3 is 2.35 bits per heavy atom. The second-order valence-corrected chi connectivity index (χ2v) is 3.93. The van der Waals surface area contributed by atoms with Crippen LogP contribution in [0.15, 0.2) is 29.7 Å². The minimum Gasteiger partial charge on any atom is -0.462 e. The molecular weight excluding hydrogens is 236 g/mol. The summed E-state index contributed by atoms with van der Waals surface area (Å²) in [7, 11) is 0. The minimum absolute atomic E-state index is 0.347. The topological polar surface area (TPSA) is 43.4 Å². The van der Waals surface area contributed by atoms with Crippen molar-refractivity contribution >= 4 is 29.6 Å². The minimum atomic E-state index is -0.347. The Bertz CT molecular complexity index is 421. The normalized spacial score (nSPS) is 11.1. The summed E-state index contributed by atoms with van der Waals surface area (Å²) >= 11 is 1.46. The molecule has 0 aliphatic carbocycles. The molecule has 0 atom stereocenters. The van der Waals surface area contributed by atoms with Crippen molar-refractivity contribution in [3.63, 3.8) is 0 Å². The fourth-order valence-corrected chi connectivity index (χ4v) is 1.75. The van der Waals surface area contributed by atoms with Gasteiger partial charge in [0.05, 0.1) is 12.2 Å². The van der Waals surface area contributed by atoms with E-state index in [4.69, 9.17) is 4.74 Å². The van der Waals surface area contributed by atoms with Crippen molar-refractivity contribution in [2.45, 2.75) is 6.92 Å². The zero-order valence-electron chi connectivity index (χ0n) is 9.80. The second-order valence-electron chi connectivity index (χ2n) is 3.22. The van der Waals surface area contributed by atoms with E-state index < -0.39 is 0 Å². The number of benzene rings is 1. The van der Waals surface area contributed by atoms with Crippen molar-refractivity contribution in [3.8, 4) is 0 Å². The monoisotopic (exact) mass is 250 g/mol. The van der Waals surface area contributed by atoms with Crippen molar-refractivity contribution in [2.75, 3.05) is 12.9 Å². The van der Waals surface area contributed by atoms with E-state index in [1.165, 1.54) is 11.8 Å². The molecule has 0 aliphatic rings. The van der Waals surface area contributed by atoms with Crippen LogP contribution in [0.4, 0.5) is 0 Å². The lowest BCUT2D eigenvalue weighted by atomic mass is 10.1. The first-order valence-electron chi connectivity index (χ1n) is 5.18. The molecule has 0 unspecified atom stereocenters. The average Bonchev–Trinajstić information content (AvgIpc) is 2.36. The van der Waals surface area contributed by atoms with E-state index in [0.29, 0.717) is 17.7 Å². The number of carbonyl (C=O) groups is 2. The molecule has 17 heavy (non-hydrogen) atoms. The van der Waals surface area contributed by atoms with Gasteiger partial charge in [-0.1, -0.05) is 12.1 Å². The van der Waals surface area contributed by atoms with Gasteiger partial charge in [-0.3, -0.25) is 4.79 Å². The molecule has 0 saturated heterocycles. The lowest BCUT2D eigenvalue weighted by molar-refractivity contribution is -0.103. The maximum absolute atomic E-state index is 11.4. The van der Waals surface area contributed by atoms with E-state index in [0.717, 1.165) is 11.8 Å². The number of carbonyl (C=O) groups excluding carboxylic acids is 2. The van der Waals surface area contributed by atoms with Crippen LogP contribution in [0.3, 0.4) is 0 Å². The van der Waals surface area contributed by atoms with Gasteiger partial charge in [-0.15, -0.1) is 11.8 Å². The summed E-state index contributed by atoms with van der Waals surface area (Å²) < 4.78 is 4.87. The Morgan fingerprint density at radius 2 is 1.88 bits per heavy atom. The first-order chi connectivity index (χ1) is 8.22. The highest BCUT2D eigenvalue weighted by Crippen LogP contribution is 2.16. The highest BCUT2D eigenvalue weighted by molar-refractivity contribution is 8.01. The van der Waals surface area contributed by atoms with Crippen LogP contribution in [-0.4, -0.2) is 25.1 Å². The molecule has 0 aromatic heterocycles. The number of hydrogen-bond donors (Lipinski definition) is 0. The van der Waals surface area contributed by atoms with Crippen LogP contribution in [0, 0.1) is 0 Å². The van der Waals surface area contributed by atoms with Crippen LogP contribution in [0.1, 0.15) is 22.8 Å². The summed E-state index contributed by atoms with van der Waals surface area (Å²) in [5, 5.41) is 1.77. The maximum Gasteiger partial charge on any atom is 0.338 e. The number of thioether (sulfide) groups is 1. The van der Waals surface area contributed by atoms with Crippen LogP contribution in [-0.2, 0) is 9.53 Å².